The van der Waals surface area contributed by atoms with Crippen LogP contribution in [-0.2, 0) is 12.0 Å². The van der Waals surface area contributed by atoms with E-state index in [2.05, 4.69) is 36.3 Å². The Morgan fingerprint density at radius 1 is 0.914 bits per heavy atom. The van der Waals surface area contributed by atoms with Crippen LogP contribution in [-0.4, -0.2) is 24.0 Å². The lowest BCUT2D eigenvalue weighted by atomic mass is 9.91. The van der Waals surface area contributed by atoms with Gasteiger partial charge in [-0.05, 0) is 79.9 Å². The molecule has 0 atom stereocenters. The molecule has 0 aliphatic rings. The van der Waals surface area contributed by atoms with Crippen LogP contribution in [0.15, 0.2) is 71.5 Å². The molecule has 6 heteroatoms. The van der Waals surface area contributed by atoms with Crippen LogP contribution in [0.25, 0.3) is 21.8 Å². The van der Waals surface area contributed by atoms with Crippen molar-refractivity contribution in [3.8, 4) is 0 Å². The van der Waals surface area contributed by atoms with E-state index >= 15 is 0 Å². The molecule has 1 heterocycles. The van der Waals surface area contributed by atoms with Crippen LogP contribution in [0.2, 0.25) is 18.1 Å². The number of pyridine rings is 1. The molecule has 0 radical (unpaired) electrons. The molecule has 0 saturated heterocycles. The highest BCUT2D eigenvalue weighted by Gasteiger charge is 2.38. The van der Waals surface area contributed by atoms with Gasteiger partial charge in [0, 0.05) is 21.9 Å². The molecule has 4 aromatic rings. The van der Waals surface area contributed by atoms with Gasteiger partial charge in [-0.15, -0.1) is 0 Å². The van der Waals surface area contributed by atoms with E-state index in [0.29, 0.717) is 21.9 Å². The number of carbonyl (C=O) groups is 1. The van der Waals surface area contributed by atoms with Crippen molar-refractivity contribution in [3.63, 3.8) is 0 Å². The van der Waals surface area contributed by atoms with Crippen LogP contribution in [0, 0.1) is 0 Å². The van der Waals surface area contributed by atoms with Crippen molar-refractivity contribution in [1.82, 2.24) is 10.3 Å². The van der Waals surface area contributed by atoms with E-state index < -0.39 is 13.9 Å². The maximum absolute atomic E-state index is 13.2. The first-order valence-corrected chi connectivity index (χ1v) is 14.9. The number of nitrogens with one attached hydrogen (secondary N) is 2. The second kappa shape index (κ2) is 8.77. The van der Waals surface area contributed by atoms with Gasteiger partial charge in [-0.25, -0.2) is 0 Å². The van der Waals surface area contributed by atoms with E-state index in [0.717, 1.165) is 17.5 Å². The van der Waals surface area contributed by atoms with Crippen molar-refractivity contribution < 1.29 is 9.59 Å². The number of fused-ring (bicyclic) bond motifs is 2. The molecule has 182 valence electrons. The molecule has 0 saturated carbocycles. The van der Waals surface area contributed by atoms with E-state index in [1.807, 2.05) is 57.3 Å². The highest BCUT2D eigenvalue weighted by Crippen LogP contribution is 2.38. The lowest BCUT2D eigenvalue weighted by molar-refractivity contribution is 0.0912. The summed E-state index contributed by atoms with van der Waals surface area (Å²) in [5, 5.41) is 4.19. The number of hydrogen-bond donors (Lipinski definition) is 3. The molecular formula is C29H34N2O3Si. The van der Waals surface area contributed by atoms with Gasteiger partial charge in [0.2, 0.25) is 0 Å². The quantitative estimate of drug-likeness (QED) is 0.236. The topological polar surface area (TPSA) is 82.2 Å². The third kappa shape index (κ3) is 4.95. The van der Waals surface area contributed by atoms with Gasteiger partial charge in [0.05, 0.1) is 11.1 Å². The van der Waals surface area contributed by atoms with Gasteiger partial charge in [0.25, 0.3) is 5.91 Å². The summed E-state index contributed by atoms with van der Waals surface area (Å²) in [5.41, 5.74) is 3.40. The molecule has 3 N–H and O–H groups in total. The maximum atomic E-state index is 13.2. The Kier molecular flexibility index (Phi) is 6.24. The minimum atomic E-state index is -2.29. The average molecular weight is 487 g/mol. The molecular weight excluding hydrogens is 452 g/mol. The van der Waals surface area contributed by atoms with Crippen LogP contribution in [0.3, 0.4) is 0 Å². The molecule has 4 rings (SSSR count). The summed E-state index contributed by atoms with van der Waals surface area (Å²) in [5.74, 6) is -0.204. The smallest absolute Gasteiger partial charge is 0.252 e. The molecule has 5 nitrogen and oxygen atoms in total. The zero-order chi connectivity index (χ0) is 25.6. The fourth-order valence-corrected chi connectivity index (χ4v) is 4.90. The van der Waals surface area contributed by atoms with Crippen LogP contribution in [0.1, 0.15) is 49.2 Å². The van der Waals surface area contributed by atoms with E-state index in [1.54, 1.807) is 24.3 Å². The zero-order valence-corrected chi connectivity index (χ0v) is 22.3. The van der Waals surface area contributed by atoms with Crippen molar-refractivity contribution >= 4 is 36.0 Å². The highest BCUT2D eigenvalue weighted by atomic mass is 28.4. The standard InChI is InChI=1S/C29H34N2O3Si/c1-28(2,35(5,6)34)18-19-11-14-21(15-12-19)29(3,4)31-27(33)20-13-16-23-25(17-20)30-24-10-8-7-9-22(24)26(23)32/h7-17,34H,18H2,1-6H3,(H,30,32)(H,31,33). The predicted octanol–water partition coefficient (Wildman–Crippen LogP) is 5.87. The van der Waals surface area contributed by atoms with Gasteiger partial charge in [0.15, 0.2) is 13.7 Å². The lowest BCUT2D eigenvalue weighted by Gasteiger charge is -2.35. The summed E-state index contributed by atoms with van der Waals surface area (Å²) in [6, 6.07) is 20.8. The number of rotatable bonds is 6. The molecule has 0 aliphatic heterocycles. The average Bonchev–Trinajstić information content (AvgIpc) is 2.78. The van der Waals surface area contributed by atoms with Crippen LogP contribution in [0.5, 0.6) is 0 Å². The summed E-state index contributed by atoms with van der Waals surface area (Å²) >= 11 is 0. The second-order valence-electron chi connectivity index (χ2n) is 11.2. The number of aromatic nitrogens is 1. The highest BCUT2D eigenvalue weighted by molar-refractivity contribution is 6.72. The number of carbonyl (C=O) groups excluding carboxylic acids is 1. The minimum absolute atomic E-state index is 0.0443. The summed E-state index contributed by atoms with van der Waals surface area (Å²) < 4.78 is 0. The number of hydrogen-bond acceptors (Lipinski definition) is 3. The first kappa shape index (κ1) is 24.9. The summed E-state index contributed by atoms with van der Waals surface area (Å²) in [6.07, 6.45) is 0.805. The number of benzene rings is 3. The zero-order valence-electron chi connectivity index (χ0n) is 21.3. The van der Waals surface area contributed by atoms with Gasteiger partial charge in [0.1, 0.15) is 0 Å². The number of H-pyrrole nitrogens is 1. The van der Waals surface area contributed by atoms with Gasteiger partial charge in [-0.1, -0.05) is 50.2 Å². The third-order valence-electron chi connectivity index (χ3n) is 7.37. The molecule has 35 heavy (non-hydrogen) atoms. The Morgan fingerprint density at radius 2 is 1.54 bits per heavy atom. The van der Waals surface area contributed by atoms with E-state index in [1.165, 1.54) is 5.56 Å². The van der Waals surface area contributed by atoms with Gasteiger partial charge < -0.3 is 15.1 Å². The van der Waals surface area contributed by atoms with Crippen LogP contribution < -0.4 is 10.7 Å². The Bertz CT molecular complexity index is 1460. The van der Waals surface area contributed by atoms with E-state index in [-0.39, 0.29) is 16.4 Å². The Hall–Kier alpha value is -3.22. The molecule has 0 unspecified atom stereocenters. The molecule has 0 fully saturated rings. The Morgan fingerprint density at radius 3 is 2.20 bits per heavy atom. The number of aromatic amines is 1. The van der Waals surface area contributed by atoms with Crippen molar-refractivity contribution in [2.45, 2.75) is 57.8 Å². The minimum Gasteiger partial charge on any atom is -0.432 e. The monoisotopic (exact) mass is 486 g/mol. The molecule has 0 spiro atoms. The maximum Gasteiger partial charge on any atom is 0.252 e. The van der Waals surface area contributed by atoms with E-state index in [9.17, 15) is 14.4 Å². The van der Waals surface area contributed by atoms with Crippen molar-refractivity contribution in [2.75, 3.05) is 0 Å². The molecule has 1 amide bonds. The van der Waals surface area contributed by atoms with Gasteiger partial charge >= 0.3 is 0 Å². The molecule has 0 bridgehead atoms. The number of amides is 1. The number of para-hydroxylation sites is 1. The third-order valence-corrected chi connectivity index (χ3v) is 10.9. The molecule has 1 aromatic heterocycles. The van der Waals surface area contributed by atoms with Gasteiger partial charge in [-0.2, -0.15) is 0 Å². The van der Waals surface area contributed by atoms with Crippen LogP contribution in [0.4, 0.5) is 0 Å². The lowest BCUT2D eigenvalue weighted by Crippen LogP contribution is -2.41. The van der Waals surface area contributed by atoms with Crippen molar-refractivity contribution in [1.29, 1.82) is 0 Å². The predicted molar refractivity (Wildman–Crippen MR) is 146 cm³/mol. The van der Waals surface area contributed by atoms with E-state index in [4.69, 9.17) is 0 Å². The molecule has 3 aromatic carbocycles. The Labute approximate surface area is 207 Å². The second-order valence-corrected chi connectivity index (χ2v) is 15.6. The van der Waals surface area contributed by atoms with Crippen LogP contribution >= 0.6 is 0 Å². The fourth-order valence-electron chi connectivity index (χ4n) is 4.26. The first-order chi connectivity index (χ1) is 16.3. The summed E-state index contributed by atoms with van der Waals surface area (Å²) in [7, 11) is -2.29. The SMILES string of the molecule is CC(C)(NC(=O)c1ccc2c(=O)c3ccccc3[nH]c2c1)c1ccc(CC(C)(C)[Si](C)(C)O)cc1. The van der Waals surface area contributed by atoms with Gasteiger partial charge in [-0.3, -0.25) is 9.59 Å². The fraction of sp³-hybridized carbons (Fsp3) is 0.310. The molecule has 0 aliphatic carbocycles. The van der Waals surface area contributed by atoms with Crippen molar-refractivity contribution in [3.05, 3.63) is 93.6 Å². The first-order valence-electron chi connectivity index (χ1n) is 12.0. The summed E-state index contributed by atoms with van der Waals surface area (Å²) in [6.45, 7) is 12.2. The largest absolute Gasteiger partial charge is 0.432 e. The van der Waals surface area contributed by atoms with Crippen molar-refractivity contribution in [2.24, 2.45) is 0 Å². The Balaban J connectivity index is 1.56. The normalized spacial score (nSPS) is 12.8. The summed E-state index contributed by atoms with van der Waals surface area (Å²) in [4.78, 5) is 39.9.